The lowest BCUT2D eigenvalue weighted by molar-refractivity contribution is 0.308. The van der Waals surface area contributed by atoms with Crippen LogP contribution >= 0.6 is 0 Å². The number of nitrogen functional groups attached to an aromatic ring is 1. The summed E-state index contributed by atoms with van der Waals surface area (Å²) < 4.78 is 0. The van der Waals surface area contributed by atoms with Gasteiger partial charge in [-0.25, -0.2) is 0 Å². The molecule has 3 rings (SSSR count). The van der Waals surface area contributed by atoms with Crippen molar-refractivity contribution in [3.05, 3.63) is 64.7 Å². The summed E-state index contributed by atoms with van der Waals surface area (Å²) in [6.45, 7) is 4.58. The van der Waals surface area contributed by atoms with Crippen molar-refractivity contribution in [2.24, 2.45) is 5.92 Å². The Bertz CT molecular complexity index is 648. The van der Waals surface area contributed by atoms with E-state index in [4.69, 9.17) is 5.73 Å². The Morgan fingerprint density at radius 1 is 0.958 bits per heavy atom. The van der Waals surface area contributed by atoms with E-state index in [0.717, 1.165) is 23.9 Å². The van der Waals surface area contributed by atoms with Crippen molar-refractivity contribution in [3.63, 3.8) is 0 Å². The fourth-order valence-electron chi connectivity index (χ4n) is 4.22. The predicted octanol–water partition coefficient (Wildman–Crippen LogP) is 6.24. The second-order valence-electron chi connectivity index (χ2n) is 7.61. The van der Waals surface area contributed by atoms with Crippen LogP contribution in [0, 0.1) is 12.8 Å². The van der Waals surface area contributed by atoms with Crippen LogP contribution < -0.4 is 5.73 Å². The number of hydrogen-bond acceptors (Lipinski definition) is 1. The maximum absolute atomic E-state index is 5.78. The summed E-state index contributed by atoms with van der Waals surface area (Å²) in [5, 5.41) is 0. The third-order valence-corrected chi connectivity index (χ3v) is 5.76. The van der Waals surface area contributed by atoms with Crippen LogP contribution in [0.4, 0.5) is 5.69 Å². The minimum Gasteiger partial charge on any atom is -0.399 e. The predicted molar refractivity (Wildman–Crippen MR) is 104 cm³/mol. The molecule has 0 bridgehead atoms. The average Bonchev–Trinajstić information content (AvgIpc) is 2.60. The van der Waals surface area contributed by atoms with Crippen LogP contribution in [-0.4, -0.2) is 0 Å². The first-order valence-electron chi connectivity index (χ1n) is 9.59. The molecule has 1 aliphatic carbocycles. The Hall–Kier alpha value is -1.76. The number of aryl methyl sites for hydroxylation is 1. The summed E-state index contributed by atoms with van der Waals surface area (Å²) in [6.07, 6.45) is 9.36. The molecule has 1 heteroatoms. The molecule has 0 spiro atoms. The Labute approximate surface area is 147 Å². The van der Waals surface area contributed by atoms with E-state index in [0.29, 0.717) is 0 Å². The SMILES string of the molecule is CCCC1CCC(c2ccc(Cc3ccc(N)cc3)c(C)c2)CC1. The van der Waals surface area contributed by atoms with Crippen LogP contribution in [0.5, 0.6) is 0 Å². The van der Waals surface area contributed by atoms with Gasteiger partial charge in [0.1, 0.15) is 0 Å². The molecule has 0 unspecified atom stereocenters. The van der Waals surface area contributed by atoms with Gasteiger partial charge in [0.25, 0.3) is 0 Å². The van der Waals surface area contributed by atoms with Crippen LogP contribution in [0.15, 0.2) is 42.5 Å². The van der Waals surface area contributed by atoms with Gasteiger partial charge in [-0.15, -0.1) is 0 Å². The number of rotatable bonds is 5. The highest BCUT2D eigenvalue weighted by Gasteiger charge is 2.22. The molecule has 0 heterocycles. The van der Waals surface area contributed by atoms with Crippen LogP contribution in [0.25, 0.3) is 0 Å². The summed E-state index contributed by atoms with van der Waals surface area (Å²) in [7, 11) is 0. The van der Waals surface area contributed by atoms with Crippen LogP contribution in [-0.2, 0) is 6.42 Å². The molecule has 128 valence electrons. The molecule has 2 aromatic carbocycles. The average molecular weight is 322 g/mol. The van der Waals surface area contributed by atoms with Crippen molar-refractivity contribution in [1.82, 2.24) is 0 Å². The van der Waals surface area contributed by atoms with E-state index in [-0.39, 0.29) is 0 Å². The molecule has 0 atom stereocenters. The van der Waals surface area contributed by atoms with Crippen LogP contribution in [0.3, 0.4) is 0 Å². The molecule has 2 aromatic rings. The number of anilines is 1. The van der Waals surface area contributed by atoms with E-state index in [2.05, 4.69) is 44.2 Å². The van der Waals surface area contributed by atoms with Gasteiger partial charge >= 0.3 is 0 Å². The summed E-state index contributed by atoms with van der Waals surface area (Å²) in [6, 6.07) is 15.4. The van der Waals surface area contributed by atoms with Crippen LogP contribution in [0.1, 0.15) is 73.6 Å². The van der Waals surface area contributed by atoms with E-state index >= 15 is 0 Å². The first-order valence-corrected chi connectivity index (χ1v) is 9.59. The van der Waals surface area contributed by atoms with Gasteiger partial charge in [0.05, 0.1) is 0 Å². The molecule has 24 heavy (non-hydrogen) atoms. The number of benzene rings is 2. The second-order valence-corrected chi connectivity index (χ2v) is 7.61. The van der Waals surface area contributed by atoms with Crippen molar-refractivity contribution in [3.8, 4) is 0 Å². The molecule has 0 saturated heterocycles. The summed E-state index contributed by atoms with van der Waals surface area (Å²) in [5.41, 5.74) is 12.4. The van der Waals surface area contributed by atoms with Crippen molar-refractivity contribution >= 4 is 5.69 Å². The fraction of sp³-hybridized carbons (Fsp3) is 0.478. The van der Waals surface area contributed by atoms with E-state index in [1.165, 1.54) is 55.2 Å². The van der Waals surface area contributed by atoms with Crippen molar-refractivity contribution < 1.29 is 0 Å². The molecule has 2 N–H and O–H groups in total. The lowest BCUT2D eigenvalue weighted by Gasteiger charge is -2.29. The summed E-state index contributed by atoms with van der Waals surface area (Å²) in [5.74, 6) is 1.76. The van der Waals surface area contributed by atoms with E-state index in [9.17, 15) is 0 Å². The summed E-state index contributed by atoms with van der Waals surface area (Å²) in [4.78, 5) is 0. The Balaban J connectivity index is 1.65. The van der Waals surface area contributed by atoms with Gasteiger partial charge in [0.15, 0.2) is 0 Å². The van der Waals surface area contributed by atoms with Gasteiger partial charge in [0, 0.05) is 5.69 Å². The maximum Gasteiger partial charge on any atom is 0.0314 e. The van der Waals surface area contributed by atoms with Crippen molar-refractivity contribution in [2.75, 3.05) is 5.73 Å². The third-order valence-electron chi connectivity index (χ3n) is 5.76. The Morgan fingerprint density at radius 2 is 1.67 bits per heavy atom. The zero-order chi connectivity index (χ0) is 16.9. The van der Waals surface area contributed by atoms with Gasteiger partial charge in [-0.3, -0.25) is 0 Å². The van der Waals surface area contributed by atoms with Gasteiger partial charge < -0.3 is 5.73 Å². The smallest absolute Gasteiger partial charge is 0.0314 e. The molecule has 1 nitrogen and oxygen atoms in total. The zero-order valence-corrected chi connectivity index (χ0v) is 15.2. The quantitative estimate of drug-likeness (QED) is 0.648. The third kappa shape index (κ3) is 4.20. The molecule has 1 saturated carbocycles. The standard InChI is InChI=1S/C23H31N/c1-3-4-18-5-9-20(10-6-18)22-12-11-21(17(2)15-22)16-19-7-13-23(24)14-8-19/h7-8,11-15,18,20H,3-6,9-10,16,24H2,1-2H3. The maximum atomic E-state index is 5.78. The molecule has 0 amide bonds. The van der Waals surface area contributed by atoms with Gasteiger partial charge in [-0.1, -0.05) is 50.1 Å². The minimum absolute atomic E-state index is 0.780. The first-order chi connectivity index (χ1) is 11.7. The molecule has 1 aliphatic rings. The Kier molecular flexibility index (Phi) is 5.60. The normalized spacial score (nSPS) is 20.9. The Morgan fingerprint density at radius 3 is 2.29 bits per heavy atom. The monoisotopic (exact) mass is 321 g/mol. The van der Waals surface area contributed by atoms with E-state index in [1.807, 2.05) is 12.1 Å². The largest absolute Gasteiger partial charge is 0.399 e. The first kappa shape index (κ1) is 17.1. The molecule has 0 radical (unpaired) electrons. The highest BCUT2D eigenvalue weighted by Crippen LogP contribution is 2.38. The molecular formula is C23H31N. The second kappa shape index (κ2) is 7.88. The van der Waals surface area contributed by atoms with Gasteiger partial charge in [-0.2, -0.15) is 0 Å². The number of nitrogens with two attached hydrogens (primary N) is 1. The van der Waals surface area contributed by atoms with Crippen molar-refractivity contribution in [1.29, 1.82) is 0 Å². The lowest BCUT2D eigenvalue weighted by atomic mass is 9.77. The van der Waals surface area contributed by atoms with Gasteiger partial charge in [-0.05, 0) is 85.3 Å². The highest BCUT2D eigenvalue weighted by atomic mass is 14.5. The van der Waals surface area contributed by atoms with E-state index < -0.39 is 0 Å². The lowest BCUT2D eigenvalue weighted by Crippen LogP contribution is -2.13. The highest BCUT2D eigenvalue weighted by molar-refractivity contribution is 5.42. The van der Waals surface area contributed by atoms with Crippen molar-refractivity contribution in [2.45, 2.75) is 64.7 Å². The van der Waals surface area contributed by atoms with E-state index in [1.54, 1.807) is 5.56 Å². The van der Waals surface area contributed by atoms with Gasteiger partial charge in [0.2, 0.25) is 0 Å². The molecule has 1 fully saturated rings. The molecular weight excluding hydrogens is 290 g/mol. The minimum atomic E-state index is 0.780. The molecule has 0 aromatic heterocycles. The molecule has 0 aliphatic heterocycles. The van der Waals surface area contributed by atoms with Crippen LogP contribution in [0.2, 0.25) is 0 Å². The topological polar surface area (TPSA) is 26.0 Å². The zero-order valence-electron chi connectivity index (χ0n) is 15.2. The number of hydrogen-bond donors (Lipinski definition) is 1. The summed E-state index contributed by atoms with van der Waals surface area (Å²) >= 11 is 0. The fourth-order valence-corrected chi connectivity index (χ4v) is 4.22.